The summed E-state index contributed by atoms with van der Waals surface area (Å²) in [6.07, 6.45) is 0. The Morgan fingerprint density at radius 3 is 2.44 bits per heavy atom. The van der Waals surface area contributed by atoms with Crippen LogP contribution in [0.25, 0.3) is 0 Å². The van der Waals surface area contributed by atoms with Crippen LogP contribution in [0.5, 0.6) is 0 Å². The van der Waals surface area contributed by atoms with E-state index in [4.69, 9.17) is 5.84 Å². The van der Waals surface area contributed by atoms with Crippen molar-refractivity contribution < 1.29 is 4.79 Å². The second-order valence-corrected chi connectivity index (χ2v) is 3.65. The Kier molecular flexibility index (Phi) is 4.31. The monoisotopic (exact) mass is 221 g/mol. The van der Waals surface area contributed by atoms with Crippen LogP contribution in [-0.2, 0) is 0 Å². The van der Waals surface area contributed by atoms with Crippen molar-refractivity contribution in [1.82, 2.24) is 4.90 Å². The molecule has 16 heavy (non-hydrogen) atoms. The predicted octanol–water partition coefficient (Wildman–Crippen LogP) is 1.76. The number of nitrogens with two attached hydrogens (primary N) is 1. The van der Waals surface area contributed by atoms with Crippen LogP contribution < -0.4 is 11.3 Å². The first kappa shape index (κ1) is 12.5. The predicted molar refractivity (Wildman–Crippen MR) is 66.2 cm³/mol. The first-order valence-corrected chi connectivity index (χ1v) is 5.50. The number of hydrogen-bond donors (Lipinski definition) is 2. The molecule has 0 radical (unpaired) electrons. The van der Waals surface area contributed by atoms with E-state index in [0.29, 0.717) is 0 Å². The van der Waals surface area contributed by atoms with Gasteiger partial charge in [0.1, 0.15) is 0 Å². The van der Waals surface area contributed by atoms with Gasteiger partial charge in [0.2, 0.25) is 0 Å². The lowest BCUT2D eigenvalue weighted by Gasteiger charge is -2.20. The van der Waals surface area contributed by atoms with Crippen molar-refractivity contribution >= 4 is 11.6 Å². The molecular weight excluding hydrogens is 202 g/mol. The number of hydrogen-bond acceptors (Lipinski definition) is 3. The van der Waals surface area contributed by atoms with Crippen molar-refractivity contribution in [2.24, 2.45) is 5.84 Å². The van der Waals surface area contributed by atoms with Gasteiger partial charge < -0.3 is 10.3 Å². The second kappa shape index (κ2) is 5.51. The number of amides is 1. The van der Waals surface area contributed by atoms with Gasteiger partial charge in [0.15, 0.2) is 0 Å². The summed E-state index contributed by atoms with van der Waals surface area (Å²) in [5.74, 6) is 5.39. The minimum atomic E-state index is 0.0751. The van der Waals surface area contributed by atoms with Crippen molar-refractivity contribution in [1.29, 1.82) is 0 Å². The molecule has 0 saturated heterocycles. The Morgan fingerprint density at radius 1 is 1.38 bits per heavy atom. The fraction of sp³-hybridized carbons (Fsp3) is 0.417. The van der Waals surface area contributed by atoms with E-state index >= 15 is 0 Å². The molecule has 0 bridgehead atoms. The summed E-state index contributed by atoms with van der Waals surface area (Å²) in [7, 11) is 0. The van der Waals surface area contributed by atoms with Crippen LogP contribution in [0.2, 0.25) is 0 Å². The average Bonchev–Trinajstić information content (AvgIpc) is 2.30. The Labute approximate surface area is 96.4 Å². The number of carbonyl (C=O) groups excluding carboxylic acids is 1. The zero-order valence-corrected chi connectivity index (χ0v) is 10.1. The summed E-state index contributed by atoms with van der Waals surface area (Å²) in [4.78, 5) is 13.9. The number of carbonyl (C=O) groups is 1. The molecule has 88 valence electrons. The maximum Gasteiger partial charge on any atom is 0.254 e. The third-order valence-corrected chi connectivity index (χ3v) is 2.67. The molecule has 0 fully saturated rings. The number of hydrazine groups is 1. The van der Waals surface area contributed by atoms with Crippen LogP contribution in [0, 0.1) is 6.92 Å². The molecule has 0 aliphatic heterocycles. The van der Waals surface area contributed by atoms with Gasteiger partial charge in [-0.15, -0.1) is 0 Å². The van der Waals surface area contributed by atoms with Gasteiger partial charge in [-0.25, -0.2) is 0 Å². The summed E-state index contributed by atoms with van der Waals surface area (Å²) in [6.45, 7) is 7.33. The van der Waals surface area contributed by atoms with Crippen molar-refractivity contribution in [3.05, 3.63) is 29.3 Å². The van der Waals surface area contributed by atoms with Gasteiger partial charge in [-0.1, -0.05) is 0 Å². The average molecular weight is 221 g/mol. The number of nitrogens with one attached hydrogen (secondary N) is 1. The number of aryl methyl sites for hydroxylation is 1. The summed E-state index contributed by atoms with van der Waals surface area (Å²) in [5.41, 5.74) is 5.06. The van der Waals surface area contributed by atoms with E-state index in [1.807, 2.05) is 39.0 Å². The number of nitrogens with zero attached hydrogens (tertiary/aromatic N) is 1. The van der Waals surface area contributed by atoms with E-state index in [1.54, 1.807) is 4.90 Å². The highest BCUT2D eigenvalue weighted by Gasteiger charge is 2.14. The molecule has 3 N–H and O–H groups in total. The summed E-state index contributed by atoms with van der Waals surface area (Å²) in [5, 5.41) is 0. The molecule has 4 nitrogen and oxygen atoms in total. The number of anilines is 1. The van der Waals surface area contributed by atoms with E-state index < -0.39 is 0 Å². The zero-order chi connectivity index (χ0) is 12.1. The molecule has 0 spiro atoms. The molecule has 4 heteroatoms. The van der Waals surface area contributed by atoms with E-state index in [-0.39, 0.29) is 5.91 Å². The number of nitrogen functional groups attached to an aromatic ring is 1. The quantitative estimate of drug-likeness (QED) is 0.601. The lowest BCUT2D eigenvalue weighted by atomic mass is 10.1. The maximum atomic E-state index is 12.1. The highest BCUT2D eigenvalue weighted by atomic mass is 16.2. The minimum Gasteiger partial charge on any atom is -0.339 e. The molecule has 1 rings (SSSR count). The molecule has 0 unspecified atom stereocenters. The van der Waals surface area contributed by atoms with Crippen LogP contribution in [0.4, 0.5) is 5.69 Å². The number of rotatable bonds is 4. The fourth-order valence-corrected chi connectivity index (χ4v) is 1.67. The van der Waals surface area contributed by atoms with Gasteiger partial charge >= 0.3 is 0 Å². The largest absolute Gasteiger partial charge is 0.339 e. The normalized spacial score (nSPS) is 10.0. The Morgan fingerprint density at radius 2 is 2.00 bits per heavy atom. The smallest absolute Gasteiger partial charge is 0.254 e. The van der Waals surface area contributed by atoms with Crippen LogP contribution >= 0.6 is 0 Å². The second-order valence-electron chi connectivity index (χ2n) is 3.65. The lowest BCUT2D eigenvalue weighted by molar-refractivity contribution is 0.0772. The molecule has 0 aliphatic rings. The van der Waals surface area contributed by atoms with Crippen LogP contribution in [-0.4, -0.2) is 23.9 Å². The molecule has 1 aromatic carbocycles. The van der Waals surface area contributed by atoms with Gasteiger partial charge in [-0.2, -0.15) is 0 Å². The van der Waals surface area contributed by atoms with Gasteiger partial charge in [0, 0.05) is 24.3 Å². The van der Waals surface area contributed by atoms with Crippen molar-refractivity contribution in [3.63, 3.8) is 0 Å². The van der Waals surface area contributed by atoms with Crippen molar-refractivity contribution in [2.45, 2.75) is 20.8 Å². The first-order valence-electron chi connectivity index (χ1n) is 5.50. The third kappa shape index (κ3) is 2.52. The highest BCUT2D eigenvalue weighted by molar-refractivity contribution is 5.96. The Hall–Kier alpha value is -1.55. The van der Waals surface area contributed by atoms with Crippen molar-refractivity contribution in [2.75, 3.05) is 18.5 Å². The first-order chi connectivity index (χ1) is 7.63. The lowest BCUT2D eigenvalue weighted by Crippen LogP contribution is -2.31. The standard InChI is InChI=1S/C12H19N3O/c1-4-15(5-2)12(16)11-7-6-10(14-13)8-9(11)3/h6-8,14H,4-5,13H2,1-3H3. The molecule has 1 aromatic rings. The van der Waals surface area contributed by atoms with Gasteiger partial charge in [-0.3, -0.25) is 10.6 Å². The Bertz CT molecular complexity index is 373. The fourth-order valence-electron chi connectivity index (χ4n) is 1.67. The molecular formula is C12H19N3O. The van der Waals surface area contributed by atoms with E-state index in [0.717, 1.165) is 29.9 Å². The van der Waals surface area contributed by atoms with Gasteiger partial charge in [0.25, 0.3) is 5.91 Å². The summed E-state index contributed by atoms with van der Waals surface area (Å²) >= 11 is 0. The van der Waals surface area contributed by atoms with Crippen LogP contribution in [0.1, 0.15) is 29.8 Å². The molecule has 0 heterocycles. The van der Waals surface area contributed by atoms with Crippen LogP contribution in [0.15, 0.2) is 18.2 Å². The molecule has 0 aliphatic carbocycles. The van der Waals surface area contributed by atoms with E-state index in [9.17, 15) is 4.79 Å². The van der Waals surface area contributed by atoms with E-state index in [2.05, 4.69) is 5.43 Å². The minimum absolute atomic E-state index is 0.0751. The molecule has 0 atom stereocenters. The molecule has 0 saturated carbocycles. The van der Waals surface area contributed by atoms with E-state index in [1.165, 1.54) is 0 Å². The van der Waals surface area contributed by atoms with Crippen molar-refractivity contribution in [3.8, 4) is 0 Å². The van der Waals surface area contributed by atoms with Gasteiger partial charge in [-0.05, 0) is 44.5 Å². The summed E-state index contributed by atoms with van der Waals surface area (Å²) < 4.78 is 0. The topological polar surface area (TPSA) is 58.4 Å². The summed E-state index contributed by atoms with van der Waals surface area (Å²) in [6, 6.07) is 5.49. The Balaban J connectivity index is 3.00. The van der Waals surface area contributed by atoms with Gasteiger partial charge in [0.05, 0.1) is 0 Å². The number of benzene rings is 1. The SMILES string of the molecule is CCN(CC)C(=O)c1ccc(NN)cc1C. The molecule has 1 amide bonds. The molecule has 0 aromatic heterocycles. The van der Waals surface area contributed by atoms with Crippen LogP contribution in [0.3, 0.4) is 0 Å². The third-order valence-electron chi connectivity index (χ3n) is 2.67. The zero-order valence-electron chi connectivity index (χ0n) is 10.1. The highest BCUT2D eigenvalue weighted by Crippen LogP contribution is 2.16. The maximum absolute atomic E-state index is 12.1.